The van der Waals surface area contributed by atoms with E-state index in [0.29, 0.717) is 17.4 Å². The van der Waals surface area contributed by atoms with Crippen molar-refractivity contribution >= 4 is 33.8 Å². The summed E-state index contributed by atoms with van der Waals surface area (Å²) in [5.74, 6) is 1.69. The van der Waals surface area contributed by atoms with Gasteiger partial charge >= 0.3 is 0 Å². The van der Waals surface area contributed by atoms with Gasteiger partial charge in [-0.3, -0.25) is 0 Å². The molecule has 0 radical (unpaired) electrons. The number of nitrogens with one attached hydrogen (secondary N) is 1. The molecule has 3 aromatic rings. The van der Waals surface area contributed by atoms with E-state index in [1.807, 2.05) is 36.4 Å². The van der Waals surface area contributed by atoms with Crippen LogP contribution in [0.1, 0.15) is 5.56 Å². The molecule has 3 rings (SSSR count). The Morgan fingerprint density at radius 3 is 2.60 bits per heavy atom. The van der Waals surface area contributed by atoms with Crippen molar-refractivity contribution in [3.8, 4) is 11.5 Å². The minimum Gasteiger partial charge on any atom is -0.496 e. The predicted molar refractivity (Wildman–Crippen MR) is 97.8 cm³/mol. The number of rotatable bonds is 6. The van der Waals surface area contributed by atoms with E-state index in [1.165, 1.54) is 4.79 Å². The molecule has 0 fully saturated rings. The normalized spacial score (nSPS) is 10.8. The number of tetrazole rings is 1. The maximum Gasteiger partial charge on any atom is 0.269 e. The summed E-state index contributed by atoms with van der Waals surface area (Å²) in [5.41, 5.74) is 1.61. The molecule has 0 unspecified atom stereocenters. The standard InChI is InChI=1S/C16H15BrN6O2/c1-24-14-9-15(25-2)13(17)8-11(14)10-18-23-16(20-21-22-23)19-12-6-4-3-5-7-12/h3-10H,1-2H3,(H,19,20,22). The Kier molecular flexibility index (Phi) is 5.24. The second kappa shape index (κ2) is 7.75. The monoisotopic (exact) mass is 402 g/mol. The van der Waals surface area contributed by atoms with Gasteiger partial charge in [-0.25, -0.2) is 0 Å². The van der Waals surface area contributed by atoms with Gasteiger partial charge in [-0.2, -0.15) is 5.10 Å². The molecule has 0 saturated heterocycles. The van der Waals surface area contributed by atoms with Crippen LogP contribution in [0, 0.1) is 0 Å². The number of benzene rings is 2. The van der Waals surface area contributed by atoms with Crippen LogP contribution in [0.3, 0.4) is 0 Å². The number of methoxy groups -OCH3 is 2. The molecule has 1 N–H and O–H groups in total. The van der Waals surface area contributed by atoms with E-state index in [2.05, 4.69) is 41.9 Å². The predicted octanol–water partition coefficient (Wildman–Crippen LogP) is 3.08. The van der Waals surface area contributed by atoms with E-state index in [-0.39, 0.29) is 0 Å². The molecule has 1 heterocycles. The first-order valence-electron chi connectivity index (χ1n) is 7.27. The number of hydrogen-bond donors (Lipinski definition) is 1. The Hall–Kier alpha value is -2.94. The molecule has 9 heteroatoms. The summed E-state index contributed by atoms with van der Waals surface area (Å²) in [6.07, 6.45) is 1.61. The van der Waals surface area contributed by atoms with Gasteiger partial charge in [0.05, 0.1) is 24.9 Å². The highest BCUT2D eigenvalue weighted by atomic mass is 79.9. The molecule has 25 heavy (non-hydrogen) atoms. The summed E-state index contributed by atoms with van der Waals surface area (Å²) in [7, 11) is 3.18. The first-order valence-corrected chi connectivity index (χ1v) is 8.07. The number of aromatic nitrogens is 4. The molecule has 0 aliphatic heterocycles. The molecule has 0 aliphatic carbocycles. The first-order chi connectivity index (χ1) is 12.2. The largest absolute Gasteiger partial charge is 0.496 e. The molecule has 0 spiro atoms. The van der Waals surface area contributed by atoms with Crippen LogP contribution in [-0.2, 0) is 0 Å². The SMILES string of the molecule is COc1cc(OC)c(C=Nn2nnnc2Nc2ccccc2)cc1Br. The van der Waals surface area contributed by atoms with Crippen LogP contribution < -0.4 is 14.8 Å². The van der Waals surface area contributed by atoms with Gasteiger partial charge in [0, 0.05) is 17.3 Å². The quantitative estimate of drug-likeness (QED) is 0.637. The molecular weight excluding hydrogens is 388 g/mol. The molecule has 0 amide bonds. The Labute approximate surface area is 152 Å². The van der Waals surface area contributed by atoms with E-state index in [4.69, 9.17) is 9.47 Å². The van der Waals surface area contributed by atoms with Crippen LogP contribution >= 0.6 is 15.9 Å². The fraction of sp³-hybridized carbons (Fsp3) is 0.125. The Morgan fingerprint density at radius 2 is 1.88 bits per heavy atom. The second-order valence-corrected chi connectivity index (χ2v) is 5.71. The Morgan fingerprint density at radius 1 is 1.12 bits per heavy atom. The molecule has 0 atom stereocenters. The summed E-state index contributed by atoms with van der Waals surface area (Å²) in [4.78, 5) is 1.30. The van der Waals surface area contributed by atoms with Gasteiger partial charge in [0.15, 0.2) is 0 Å². The maximum atomic E-state index is 5.37. The van der Waals surface area contributed by atoms with Crippen molar-refractivity contribution in [2.45, 2.75) is 0 Å². The van der Waals surface area contributed by atoms with E-state index in [0.717, 1.165) is 15.7 Å². The maximum absolute atomic E-state index is 5.37. The molecular formula is C16H15BrN6O2. The van der Waals surface area contributed by atoms with Gasteiger partial charge in [-0.15, -0.1) is 0 Å². The van der Waals surface area contributed by atoms with E-state index in [9.17, 15) is 0 Å². The smallest absolute Gasteiger partial charge is 0.269 e. The van der Waals surface area contributed by atoms with Crippen molar-refractivity contribution in [1.29, 1.82) is 0 Å². The zero-order valence-electron chi connectivity index (χ0n) is 13.5. The van der Waals surface area contributed by atoms with Crippen LogP contribution in [0.4, 0.5) is 11.6 Å². The van der Waals surface area contributed by atoms with Crippen molar-refractivity contribution in [2.24, 2.45) is 5.10 Å². The topological polar surface area (TPSA) is 86.5 Å². The fourth-order valence-corrected chi connectivity index (χ4v) is 2.61. The Balaban J connectivity index is 1.86. The second-order valence-electron chi connectivity index (χ2n) is 4.86. The third-order valence-electron chi connectivity index (χ3n) is 3.29. The lowest BCUT2D eigenvalue weighted by Gasteiger charge is -2.09. The number of hydrogen-bond acceptors (Lipinski definition) is 7. The van der Waals surface area contributed by atoms with Gasteiger partial charge in [-0.1, -0.05) is 28.1 Å². The van der Waals surface area contributed by atoms with Crippen LogP contribution in [-0.4, -0.2) is 40.8 Å². The van der Waals surface area contributed by atoms with Gasteiger partial charge in [0.25, 0.3) is 5.95 Å². The highest BCUT2D eigenvalue weighted by molar-refractivity contribution is 9.10. The summed E-state index contributed by atoms with van der Waals surface area (Å²) in [6, 6.07) is 13.2. The van der Waals surface area contributed by atoms with Crippen molar-refractivity contribution in [3.63, 3.8) is 0 Å². The number of anilines is 2. The number of para-hydroxylation sites is 1. The number of ether oxygens (including phenoxy) is 2. The zero-order valence-corrected chi connectivity index (χ0v) is 15.1. The fourth-order valence-electron chi connectivity index (χ4n) is 2.09. The van der Waals surface area contributed by atoms with Crippen molar-refractivity contribution in [3.05, 3.63) is 52.5 Å². The molecule has 1 aromatic heterocycles. The van der Waals surface area contributed by atoms with Crippen LogP contribution in [0.15, 0.2) is 52.0 Å². The van der Waals surface area contributed by atoms with Crippen molar-refractivity contribution in [1.82, 2.24) is 20.3 Å². The van der Waals surface area contributed by atoms with Gasteiger partial charge < -0.3 is 14.8 Å². The average molecular weight is 403 g/mol. The van der Waals surface area contributed by atoms with Gasteiger partial charge in [0.1, 0.15) is 11.5 Å². The van der Waals surface area contributed by atoms with Crippen LogP contribution in [0.5, 0.6) is 11.5 Å². The van der Waals surface area contributed by atoms with Crippen LogP contribution in [0.25, 0.3) is 0 Å². The average Bonchev–Trinajstić information content (AvgIpc) is 3.08. The lowest BCUT2D eigenvalue weighted by Crippen LogP contribution is -2.02. The highest BCUT2D eigenvalue weighted by Gasteiger charge is 2.09. The van der Waals surface area contributed by atoms with Gasteiger partial charge in [-0.05, 0) is 44.6 Å². The zero-order chi connectivity index (χ0) is 17.6. The summed E-state index contributed by atoms with van der Waals surface area (Å²) < 4.78 is 11.4. The Bertz CT molecular complexity index is 882. The first kappa shape index (κ1) is 16.9. The third-order valence-corrected chi connectivity index (χ3v) is 3.91. The number of halogens is 1. The third kappa shape index (κ3) is 3.94. The lowest BCUT2D eigenvalue weighted by molar-refractivity contribution is 0.392. The van der Waals surface area contributed by atoms with Crippen molar-refractivity contribution < 1.29 is 9.47 Å². The summed E-state index contributed by atoms with van der Waals surface area (Å²) in [6.45, 7) is 0. The molecule has 0 saturated carbocycles. The van der Waals surface area contributed by atoms with E-state index in [1.54, 1.807) is 26.5 Å². The summed E-state index contributed by atoms with van der Waals surface area (Å²) in [5, 5.41) is 18.8. The van der Waals surface area contributed by atoms with E-state index < -0.39 is 0 Å². The summed E-state index contributed by atoms with van der Waals surface area (Å²) >= 11 is 3.45. The minimum atomic E-state index is 0.397. The minimum absolute atomic E-state index is 0.397. The lowest BCUT2D eigenvalue weighted by atomic mass is 10.2. The van der Waals surface area contributed by atoms with Crippen molar-refractivity contribution in [2.75, 3.05) is 19.5 Å². The molecule has 0 bridgehead atoms. The molecule has 2 aromatic carbocycles. The highest BCUT2D eigenvalue weighted by Crippen LogP contribution is 2.32. The van der Waals surface area contributed by atoms with Crippen LogP contribution in [0.2, 0.25) is 0 Å². The molecule has 8 nitrogen and oxygen atoms in total. The molecule has 128 valence electrons. The van der Waals surface area contributed by atoms with Gasteiger partial charge in [0.2, 0.25) is 0 Å². The van der Waals surface area contributed by atoms with E-state index >= 15 is 0 Å². The number of nitrogens with zero attached hydrogens (tertiary/aromatic N) is 5. The molecule has 0 aliphatic rings.